The third-order valence-electron chi connectivity index (χ3n) is 3.59. The number of aromatic nitrogens is 2. The van der Waals surface area contributed by atoms with Crippen LogP contribution in [0, 0.1) is 12.8 Å². The third kappa shape index (κ3) is 3.02. The Morgan fingerprint density at radius 3 is 2.95 bits per heavy atom. The van der Waals surface area contributed by atoms with E-state index in [1.807, 2.05) is 24.7 Å². The van der Waals surface area contributed by atoms with Gasteiger partial charge in [-0.3, -0.25) is 9.48 Å². The predicted octanol–water partition coefficient (Wildman–Crippen LogP) is 2.08. The van der Waals surface area contributed by atoms with Crippen molar-refractivity contribution in [2.24, 2.45) is 13.0 Å². The van der Waals surface area contributed by atoms with Crippen LogP contribution >= 0.6 is 11.3 Å². The Hall–Kier alpha value is -1.40. The number of aliphatic hydroxyl groups excluding tert-OH is 1. The second-order valence-corrected chi connectivity index (χ2v) is 6.07. The molecule has 0 aromatic carbocycles. The average Bonchev–Trinajstić information content (AvgIpc) is 2.97. The largest absolute Gasteiger partial charge is 0.396 e. The first-order valence-corrected chi connectivity index (χ1v) is 7.70. The molecule has 0 saturated carbocycles. The van der Waals surface area contributed by atoms with Crippen molar-refractivity contribution in [3.8, 4) is 0 Å². The maximum absolute atomic E-state index is 12.2. The van der Waals surface area contributed by atoms with Gasteiger partial charge in [0, 0.05) is 25.6 Å². The van der Waals surface area contributed by atoms with E-state index in [1.54, 1.807) is 0 Å². The van der Waals surface area contributed by atoms with Gasteiger partial charge in [0.25, 0.3) is 5.91 Å². The van der Waals surface area contributed by atoms with Crippen molar-refractivity contribution in [1.29, 1.82) is 0 Å². The van der Waals surface area contributed by atoms with E-state index >= 15 is 0 Å². The number of hydrogen-bond donors (Lipinski definition) is 2. The quantitative estimate of drug-likeness (QED) is 0.857. The average molecular weight is 295 g/mol. The molecule has 0 aliphatic carbocycles. The van der Waals surface area contributed by atoms with E-state index in [4.69, 9.17) is 5.11 Å². The molecular formula is C14H21N3O2S. The highest BCUT2D eigenvalue weighted by atomic mass is 32.1. The Morgan fingerprint density at radius 2 is 2.35 bits per heavy atom. The molecule has 0 spiro atoms. The summed E-state index contributed by atoms with van der Waals surface area (Å²) in [7, 11) is 1.89. The summed E-state index contributed by atoms with van der Waals surface area (Å²) in [5, 5.41) is 17.3. The van der Waals surface area contributed by atoms with Crippen LogP contribution in [0.4, 0.5) is 0 Å². The Morgan fingerprint density at radius 1 is 1.60 bits per heavy atom. The van der Waals surface area contributed by atoms with Gasteiger partial charge in [0.1, 0.15) is 4.83 Å². The first-order chi connectivity index (χ1) is 9.56. The van der Waals surface area contributed by atoms with Crippen LogP contribution in [0.15, 0.2) is 6.07 Å². The minimum Gasteiger partial charge on any atom is -0.396 e. The van der Waals surface area contributed by atoms with E-state index in [0.29, 0.717) is 12.5 Å². The van der Waals surface area contributed by atoms with Gasteiger partial charge in [-0.15, -0.1) is 11.3 Å². The second-order valence-electron chi connectivity index (χ2n) is 5.04. The highest BCUT2D eigenvalue weighted by Gasteiger charge is 2.15. The number of aryl methyl sites for hydroxylation is 2. The van der Waals surface area contributed by atoms with Gasteiger partial charge in [0.15, 0.2) is 0 Å². The molecule has 5 nitrogen and oxygen atoms in total. The third-order valence-corrected chi connectivity index (χ3v) is 4.79. The van der Waals surface area contributed by atoms with Crippen molar-refractivity contribution in [1.82, 2.24) is 15.1 Å². The molecule has 1 atom stereocenters. The smallest absolute Gasteiger partial charge is 0.261 e. The Bertz CT molecular complexity index is 568. The highest BCUT2D eigenvalue weighted by molar-refractivity contribution is 7.20. The Labute approximate surface area is 122 Å². The molecule has 110 valence electrons. The molecule has 0 aliphatic rings. The van der Waals surface area contributed by atoms with Gasteiger partial charge in [-0.1, -0.05) is 13.3 Å². The van der Waals surface area contributed by atoms with E-state index in [0.717, 1.165) is 33.6 Å². The number of carbonyl (C=O) groups is 1. The maximum Gasteiger partial charge on any atom is 0.261 e. The molecule has 6 heteroatoms. The monoisotopic (exact) mass is 295 g/mol. The summed E-state index contributed by atoms with van der Waals surface area (Å²) in [5.74, 6) is 0.295. The molecule has 0 fully saturated rings. The summed E-state index contributed by atoms with van der Waals surface area (Å²) in [4.78, 5) is 13.9. The number of amides is 1. The fourth-order valence-corrected chi connectivity index (χ4v) is 3.31. The van der Waals surface area contributed by atoms with Crippen molar-refractivity contribution >= 4 is 27.5 Å². The molecular weight excluding hydrogens is 274 g/mol. The van der Waals surface area contributed by atoms with Crippen molar-refractivity contribution < 1.29 is 9.90 Å². The zero-order valence-corrected chi connectivity index (χ0v) is 13.0. The summed E-state index contributed by atoms with van der Waals surface area (Å²) in [6.45, 7) is 4.80. The number of rotatable bonds is 6. The molecule has 20 heavy (non-hydrogen) atoms. The number of nitrogens with one attached hydrogen (secondary N) is 1. The van der Waals surface area contributed by atoms with Crippen molar-refractivity contribution in [3.05, 3.63) is 16.6 Å². The lowest BCUT2D eigenvalue weighted by atomic mass is 10.0. The molecule has 2 aromatic heterocycles. The second kappa shape index (κ2) is 6.37. The molecule has 0 aliphatic heterocycles. The summed E-state index contributed by atoms with van der Waals surface area (Å²) in [5.41, 5.74) is 0.949. The molecule has 1 amide bonds. The topological polar surface area (TPSA) is 67.2 Å². The Balaban J connectivity index is 2.06. The molecule has 0 bridgehead atoms. The molecule has 2 N–H and O–H groups in total. The van der Waals surface area contributed by atoms with Crippen molar-refractivity contribution in [3.63, 3.8) is 0 Å². The number of fused-ring (bicyclic) bond motifs is 1. The number of hydrogen-bond acceptors (Lipinski definition) is 4. The molecule has 2 rings (SSSR count). The van der Waals surface area contributed by atoms with Crippen LogP contribution in [0.1, 0.15) is 35.1 Å². The fraction of sp³-hybridized carbons (Fsp3) is 0.571. The first kappa shape index (κ1) is 15.0. The SMILES string of the molecule is CCC(CCO)CNC(=O)c1cc2c(C)nn(C)c2s1. The number of aliphatic hydroxyl groups is 1. The summed E-state index contributed by atoms with van der Waals surface area (Å²) in [6.07, 6.45) is 1.68. The van der Waals surface area contributed by atoms with Gasteiger partial charge in [0.2, 0.25) is 0 Å². The zero-order chi connectivity index (χ0) is 14.7. The maximum atomic E-state index is 12.2. The van der Waals surface area contributed by atoms with Gasteiger partial charge in [-0.2, -0.15) is 5.10 Å². The minimum absolute atomic E-state index is 0.0398. The van der Waals surface area contributed by atoms with E-state index < -0.39 is 0 Å². The van der Waals surface area contributed by atoms with Crippen molar-refractivity contribution in [2.45, 2.75) is 26.7 Å². The van der Waals surface area contributed by atoms with E-state index in [9.17, 15) is 4.79 Å². The van der Waals surface area contributed by atoms with Crippen LogP contribution in [0.25, 0.3) is 10.2 Å². The number of thiophene rings is 1. The molecule has 2 aromatic rings. The summed E-state index contributed by atoms with van der Waals surface area (Å²) < 4.78 is 1.81. The van der Waals surface area contributed by atoms with Crippen LogP contribution in [0.3, 0.4) is 0 Å². The standard InChI is InChI=1S/C14H21N3O2S/c1-4-10(5-6-18)8-15-13(19)12-7-11-9(2)16-17(3)14(11)20-12/h7,10,18H,4-6,8H2,1-3H3,(H,15,19). The predicted molar refractivity (Wildman–Crippen MR) is 81.1 cm³/mol. The van der Waals surface area contributed by atoms with E-state index in [-0.39, 0.29) is 12.5 Å². The fourth-order valence-electron chi connectivity index (χ4n) is 2.27. The van der Waals surface area contributed by atoms with Crippen LogP contribution in [0.2, 0.25) is 0 Å². The Kier molecular flexibility index (Phi) is 4.77. The highest BCUT2D eigenvalue weighted by Crippen LogP contribution is 2.27. The molecule has 1 unspecified atom stereocenters. The summed E-state index contributed by atoms with van der Waals surface area (Å²) in [6, 6.07) is 1.91. The van der Waals surface area contributed by atoms with Gasteiger partial charge in [0.05, 0.1) is 10.6 Å². The minimum atomic E-state index is -0.0398. The molecule has 0 radical (unpaired) electrons. The normalized spacial score (nSPS) is 12.8. The van der Waals surface area contributed by atoms with Crippen LogP contribution in [-0.4, -0.2) is 33.9 Å². The molecule has 0 saturated heterocycles. The number of carbonyl (C=O) groups excluding carboxylic acids is 1. The van der Waals surface area contributed by atoms with Crippen LogP contribution < -0.4 is 5.32 Å². The van der Waals surface area contributed by atoms with Gasteiger partial charge in [-0.25, -0.2) is 0 Å². The lowest BCUT2D eigenvalue weighted by molar-refractivity contribution is 0.0947. The number of nitrogens with zero attached hydrogens (tertiary/aromatic N) is 2. The molecule has 2 heterocycles. The van der Waals surface area contributed by atoms with Gasteiger partial charge < -0.3 is 10.4 Å². The van der Waals surface area contributed by atoms with E-state index in [2.05, 4.69) is 17.3 Å². The van der Waals surface area contributed by atoms with Crippen LogP contribution in [0.5, 0.6) is 0 Å². The van der Waals surface area contributed by atoms with Gasteiger partial charge in [-0.05, 0) is 25.3 Å². The van der Waals surface area contributed by atoms with Crippen molar-refractivity contribution in [2.75, 3.05) is 13.2 Å². The van der Waals surface area contributed by atoms with Gasteiger partial charge >= 0.3 is 0 Å². The lowest BCUT2D eigenvalue weighted by Gasteiger charge is -2.13. The zero-order valence-electron chi connectivity index (χ0n) is 12.1. The van der Waals surface area contributed by atoms with E-state index in [1.165, 1.54) is 11.3 Å². The lowest BCUT2D eigenvalue weighted by Crippen LogP contribution is -2.29. The van der Waals surface area contributed by atoms with Crippen LogP contribution in [-0.2, 0) is 7.05 Å². The summed E-state index contributed by atoms with van der Waals surface area (Å²) >= 11 is 1.46. The first-order valence-electron chi connectivity index (χ1n) is 6.89.